The third kappa shape index (κ3) is 5.75. The van der Waals surface area contributed by atoms with E-state index in [1.165, 1.54) is 28.6 Å². The summed E-state index contributed by atoms with van der Waals surface area (Å²) in [5.41, 5.74) is 1.88. The Morgan fingerprint density at radius 3 is 2.64 bits per heavy atom. The van der Waals surface area contributed by atoms with Crippen molar-refractivity contribution in [2.75, 3.05) is 6.54 Å². The van der Waals surface area contributed by atoms with E-state index in [4.69, 9.17) is 11.6 Å². The van der Waals surface area contributed by atoms with Gasteiger partial charge in [-0.05, 0) is 23.8 Å². The molecule has 1 N–H and O–H groups in total. The van der Waals surface area contributed by atoms with Gasteiger partial charge in [0.1, 0.15) is 18.1 Å². The molecular weight excluding hydrogens is 485 g/mol. The number of nitrogens with zero attached hydrogens (tertiary/aromatic N) is 4. The molecule has 0 aliphatic carbocycles. The van der Waals surface area contributed by atoms with Crippen LogP contribution in [0.1, 0.15) is 28.5 Å². The van der Waals surface area contributed by atoms with Gasteiger partial charge in [-0.1, -0.05) is 48.0 Å². The Labute approximate surface area is 211 Å². The molecule has 2 aromatic carbocycles. The van der Waals surface area contributed by atoms with E-state index in [1.54, 1.807) is 54.9 Å². The molecule has 0 atom stereocenters. The highest BCUT2D eigenvalue weighted by molar-refractivity contribution is 6.30. The van der Waals surface area contributed by atoms with Crippen LogP contribution in [0.25, 0.3) is 10.9 Å². The number of benzene rings is 2. The highest BCUT2D eigenvalue weighted by Gasteiger charge is 2.21. The van der Waals surface area contributed by atoms with Gasteiger partial charge < -0.3 is 10.2 Å². The number of carbonyl (C=O) groups is 3. The summed E-state index contributed by atoms with van der Waals surface area (Å²) >= 11 is 5.81. The van der Waals surface area contributed by atoms with Gasteiger partial charge >= 0.3 is 0 Å². The molecule has 8 nitrogen and oxygen atoms in total. The van der Waals surface area contributed by atoms with E-state index < -0.39 is 11.7 Å². The van der Waals surface area contributed by atoms with Crippen LogP contribution in [0.3, 0.4) is 0 Å². The Bertz CT molecular complexity index is 1420. The van der Waals surface area contributed by atoms with Gasteiger partial charge in [0, 0.05) is 43.4 Å². The summed E-state index contributed by atoms with van der Waals surface area (Å²) in [5, 5.41) is 7.60. The standard InChI is InChI=1S/C26H23ClFN5O3/c1-17(34)26-20-8-2-3-10-22(20)33(31-26)16-24(36)32(14-18-6-5-11-29-12-18)15-23(35)30-13-19-7-4-9-21(27)25(19)28/h2-12H,13-16H2,1H3,(H,30,35). The molecule has 0 saturated heterocycles. The zero-order valence-corrected chi connectivity index (χ0v) is 20.2. The Morgan fingerprint density at radius 2 is 1.89 bits per heavy atom. The minimum atomic E-state index is -0.602. The quantitative estimate of drug-likeness (QED) is 0.348. The Kier molecular flexibility index (Phi) is 7.70. The average Bonchev–Trinajstić information content (AvgIpc) is 3.24. The minimum absolute atomic E-state index is 0.0356. The van der Waals surface area contributed by atoms with Crippen molar-refractivity contribution in [2.24, 2.45) is 0 Å². The average molecular weight is 508 g/mol. The first-order valence-corrected chi connectivity index (χ1v) is 11.5. The van der Waals surface area contributed by atoms with Gasteiger partial charge in [-0.25, -0.2) is 4.39 Å². The highest BCUT2D eigenvalue weighted by Crippen LogP contribution is 2.20. The van der Waals surface area contributed by atoms with Crippen LogP contribution < -0.4 is 5.32 Å². The normalized spacial score (nSPS) is 10.9. The van der Waals surface area contributed by atoms with Gasteiger partial charge in [-0.3, -0.25) is 24.0 Å². The second-order valence-electron chi connectivity index (χ2n) is 8.18. The third-order valence-corrected chi connectivity index (χ3v) is 5.86. The largest absolute Gasteiger partial charge is 0.350 e. The van der Waals surface area contributed by atoms with Crippen LogP contribution >= 0.6 is 11.6 Å². The summed E-state index contributed by atoms with van der Waals surface area (Å²) in [7, 11) is 0. The maximum atomic E-state index is 14.2. The summed E-state index contributed by atoms with van der Waals surface area (Å²) in [6.07, 6.45) is 3.22. The number of pyridine rings is 1. The molecule has 0 radical (unpaired) electrons. The number of ketones is 1. The first-order valence-electron chi connectivity index (χ1n) is 11.2. The number of para-hydroxylation sites is 1. The Balaban J connectivity index is 1.53. The molecule has 4 rings (SSSR count). The van der Waals surface area contributed by atoms with Crippen molar-refractivity contribution in [3.05, 3.63) is 94.7 Å². The molecule has 2 aromatic heterocycles. The summed E-state index contributed by atoms with van der Waals surface area (Å²) in [5.74, 6) is -1.67. The number of nitrogens with one attached hydrogen (secondary N) is 1. The molecule has 0 bridgehead atoms. The summed E-state index contributed by atoms with van der Waals surface area (Å²) in [6.45, 7) is 1.03. The van der Waals surface area contributed by atoms with Crippen LogP contribution in [-0.4, -0.2) is 43.8 Å². The minimum Gasteiger partial charge on any atom is -0.350 e. The molecule has 36 heavy (non-hydrogen) atoms. The van der Waals surface area contributed by atoms with Gasteiger partial charge in [-0.2, -0.15) is 5.10 Å². The first kappa shape index (κ1) is 25.0. The number of Topliss-reactive ketones (excluding diaryl/α,β-unsaturated/α-hetero) is 1. The topological polar surface area (TPSA) is 97.2 Å². The fourth-order valence-electron chi connectivity index (χ4n) is 3.79. The molecule has 184 valence electrons. The van der Waals surface area contributed by atoms with E-state index in [9.17, 15) is 18.8 Å². The van der Waals surface area contributed by atoms with Gasteiger partial charge in [-0.15, -0.1) is 0 Å². The Morgan fingerprint density at radius 1 is 1.08 bits per heavy atom. The molecule has 10 heteroatoms. The first-order chi connectivity index (χ1) is 17.3. The second-order valence-corrected chi connectivity index (χ2v) is 8.59. The fourth-order valence-corrected chi connectivity index (χ4v) is 3.98. The smallest absolute Gasteiger partial charge is 0.245 e. The van der Waals surface area contributed by atoms with Crippen molar-refractivity contribution < 1.29 is 18.8 Å². The van der Waals surface area contributed by atoms with Gasteiger partial charge in [0.15, 0.2) is 5.78 Å². The number of fused-ring (bicyclic) bond motifs is 1. The van der Waals surface area contributed by atoms with E-state index in [0.717, 1.165) is 5.56 Å². The van der Waals surface area contributed by atoms with Gasteiger partial charge in [0.05, 0.1) is 17.1 Å². The van der Waals surface area contributed by atoms with E-state index in [-0.39, 0.29) is 54.1 Å². The summed E-state index contributed by atoms with van der Waals surface area (Å²) in [6, 6.07) is 15.2. The summed E-state index contributed by atoms with van der Waals surface area (Å²) in [4.78, 5) is 43.6. The lowest BCUT2D eigenvalue weighted by molar-refractivity contribution is -0.137. The molecule has 0 unspecified atom stereocenters. The van der Waals surface area contributed by atoms with Crippen LogP contribution in [0.5, 0.6) is 0 Å². The van der Waals surface area contributed by atoms with Crippen LogP contribution in [0.15, 0.2) is 67.0 Å². The van der Waals surface area contributed by atoms with E-state index in [0.29, 0.717) is 10.9 Å². The molecule has 0 aliphatic heterocycles. The lowest BCUT2D eigenvalue weighted by Crippen LogP contribution is -2.41. The second kappa shape index (κ2) is 11.1. The number of aromatic nitrogens is 3. The van der Waals surface area contributed by atoms with Crippen LogP contribution in [0.2, 0.25) is 5.02 Å². The highest BCUT2D eigenvalue weighted by atomic mass is 35.5. The summed E-state index contributed by atoms with van der Waals surface area (Å²) < 4.78 is 15.6. The molecule has 2 amide bonds. The molecule has 4 aromatic rings. The van der Waals surface area contributed by atoms with E-state index in [2.05, 4.69) is 15.4 Å². The number of hydrogen-bond acceptors (Lipinski definition) is 5. The van der Waals surface area contributed by atoms with E-state index >= 15 is 0 Å². The molecule has 2 heterocycles. The van der Waals surface area contributed by atoms with E-state index in [1.807, 2.05) is 0 Å². The Hall–Kier alpha value is -4.11. The SMILES string of the molecule is CC(=O)c1nn(CC(=O)N(CC(=O)NCc2cccc(Cl)c2F)Cc2cccnc2)c2ccccc12. The number of halogens is 2. The van der Waals surface area contributed by atoms with Crippen molar-refractivity contribution in [3.63, 3.8) is 0 Å². The zero-order valence-electron chi connectivity index (χ0n) is 19.4. The van der Waals surface area contributed by atoms with Gasteiger partial charge in [0.2, 0.25) is 11.8 Å². The number of rotatable bonds is 9. The van der Waals surface area contributed by atoms with Crippen LogP contribution in [0, 0.1) is 5.82 Å². The lowest BCUT2D eigenvalue weighted by atomic mass is 10.2. The van der Waals surface area contributed by atoms with Gasteiger partial charge in [0.25, 0.3) is 0 Å². The fraction of sp³-hybridized carbons (Fsp3) is 0.192. The van der Waals surface area contributed by atoms with Crippen molar-refractivity contribution in [3.8, 4) is 0 Å². The molecule has 0 saturated carbocycles. The number of hydrogen-bond donors (Lipinski definition) is 1. The van der Waals surface area contributed by atoms with Crippen molar-refractivity contribution in [2.45, 2.75) is 26.6 Å². The predicted molar refractivity (Wildman–Crippen MR) is 133 cm³/mol. The number of carbonyl (C=O) groups excluding carboxylic acids is 3. The molecular formula is C26H23ClFN5O3. The van der Waals surface area contributed by atoms with Crippen molar-refractivity contribution in [1.82, 2.24) is 25.0 Å². The van der Waals surface area contributed by atoms with Crippen molar-refractivity contribution >= 4 is 40.1 Å². The maximum Gasteiger partial charge on any atom is 0.245 e. The molecule has 0 spiro atoms. The van der Waals surface area contributed by atoms with Crippen LogP contribution in [0.4, 0.5) is 4.39 Å². The zero-order chi connectivity index (χ0) is 25.7. The molecule has 0 aliphatic rings. The monoisotopic (exact) mass is 507 g/mol. The number of amides is 2. The lowest BCUT2D eigenvalue weighted by Gasteiger charge is -2.22. The van der Waals surface area contributed by atoms with Crippen LogP contribution in [-0.2, 0) is 29.2 Å². The maximum absolute atomic E-state index is 14.2. The third-order valence-electron chi connectivity index (χ3n) is 5.57. The predicted octanol–water partition coefficient (Wildman–Crippen LogP) is 3.77. The van der Waals surface area contributed by atoms with Crippen molar-refractivity contribution in [1.29, 1.82) is 0 Å². The molecule has 0 fully saturated rings.